The normalized spacial score (nSPS) is 20.0. The van der Waals surface area contributed by atoms with Crippen LogP contribution < -0.4 is 10.1 Å². The molecule has 1 aromatic heterocycles. The fraction of sp³-hybridized carbons (Fsp3) is 0.389. The van der Waals surface area contributed by atoms with Crippen LogP contribution in [-0.4, -0.2) is 46.7 Å². The number of methoxy groups -OCH3 is 1. The fourth-order valence-corrected chi connectivity index (χ4v) is 3.30. The van der Waals surface area contributed by atoms with Crippen LogP contribution in [-0.2, 0) is 23.1 Å². The third-order valence-electron chi connectivity index (χ3n) is 4.59. The molecule has 2 amide bonds. The first-order valence-electron chi connectivity index (χ1n) is 8.15. The number of carbonyl (C=O) groups excluding carboxylic acids is 2. The van der Waals surface area contributed by atoms with E-state index in [9.17, 15) is 9.59 Å². The summed E-state index contributed by atoms with van der Waals surface area (Å²) in [5.41, 5.74) is 1.77. The Hall–Kier alpha value is -2.83. The highest BCUT2D eigenvalue weighted by Crippen LogP contribution is 2.31. The first-order chi connectivity index (χ1) is 12.0. The molecule has 0 bridgehead atoms. The summed E-state index contributed by atoms with van der Waals surface area (Å²) in [6.07, 6.45) is 2.22. The van der Waals surface area contributed by atoms with Gasteiger partial charge in [-0.25, -0.2) is 0 Å². The Morgan fingerprint density at radius 2 is 2.16 bits per heavy atom. The Labute approximate surface area is 146 Å². The second-order valence-electron chi connectivity index (χ2n) is 6.24. The summed E-state index contributed by atoms with van der Waals surface area (Å²) in [5, 5.41) is 7.18. The number of amides is 2. The Morgan fingerprint density at radius 1 is 1.36 bits per heavy atom. The van der Waals surface area contributed by atoms with Crippen molar-refractivity contribution in [2.75, 3.05) is 14.2 Å². The van der Waals surface area contributed by atoms with E-state index in [-0.39, 0.29) is 36.7 Å². The topological polar surface area (TPSA) is 76.5 Å². The van der Waals surface area contributed by atoms with Crippen molar-refractivity contribution >= 4 is 11.8 Å². The van der Waals surface area contributed by atoms with E-state index in [1.54, 1.807) is 29.9 Å². The number of benzene rings is 1. The van der Waals surface area contributed by atoms with Crippen molar-refractivity contribution in [1.29, 1.82) is 0 Å². The molecule has 7 heteroatoms. The van der Waals surface area contributed by atoms with E-state index in [0.29, 0.717) is 5.75 Å². The van der Waals surface area contributed by atoms with Crippen molar-refractivity contribution in [3.63, 3.8) is 0 Å². The van der Waals surface area contributed by atoms with Crippen molar-refractivity contribution in [2.24, 2.45) is 7.05 Å². The van der Waals surface area contributed by atoms with Crippen LogP contribution in [0.2, 0.25) is 0 Å². The van der Waals surface area contributed by atoms with Gasteiger partial charge in [0.1, 0.15) is 5.75 Å². The summed E-state index contributed by atoms with van der Waals surface area (Å²) in [4.78, 5) is 26.3. The van der Waals surface area contributed by atoms with E-state index < -0.39 is 0 Å². The van der Waals surface area contributed by atoms with Crippen molar-refractivity contribution in [3.8, 4) is 5.75 Å². The SMILES string of the molecule is COc1cccc(CC(=O)N[C@@H]2CC(=O)N(C)[C@H]2c2ccnn2C)c1. The molecule has 2 atom stereocenters. The van der Waals surface area contributed by atoms with E-state index in [2.05, 4.69) is 10.4 Å². The predicted octanol–water partition coefficient (Wildman–Crippen LogP) is 1.06. The number of likely N-dealkylation sites (N-methyl/N-ethyl adjacent to an activating group) is 1. The summed E-state index contributed by atoms with van der Waals surface area (Å²) >= 11 is 0. The molecule has 132 valence electrons. The lowest BCUT2D eigenvalue weighted by molar-refractivity contribution is -0.127. The van der Waals surface area contributed by atoms with Crippen molar-refractivity contribution in [3.05, 3.63) is 47.8 Å². The van der Waals surface area contributed by atoms with Crippen LogP contribution in [0.3, 0.4) is 0 Å². The molecule has 7 nitrogen and oxygen atoms in total. The van der Waals surface area contributed by atoms with Gasteiger partial charge in [0, 0.05) is 26.7 Å². The second-order valence-corrected chi connectivity index (χ2v) is 6.24. The fourth-order valence-electron chi connectivity index (χ4n) is 3.30. The number of hydrogen-bond acceptors (Lipinski definition) is 4. The number of rotatable bonds is 5. The standard InChI is InChI=1S/C18H22N4O3/c1-21-17(24)11-14(18(21)15-7-8-19-22(15)2)20-16(23)10-12-5-4-6-13(9-12)25-3/h4-9,14,18H,10-11H2,1-3H3,(H,20,23)/t14-,18-/m1/s1. The zero-order valence-corrected chi connectivity index (χ0v) is 14.6. The number of aromatic nitrogens is 2. The van der Waals surface area contributed by atoms with Gasteiger partial charge in [0.2, 0.25) is 11.8 Å². The lowest BCUT2D eigenvalue weighted by Gasteiger charge is -2.25. The van der Waals surface area contributed by atoms with Crippen LogP contribution in [0, 0.1) is 0 Å². The first kappa shape index (κ1) is 17.0. The Kier molecular flexibility index (Phi) is 4.74. The zero-order chi connectivity index (χ0) is 18.0. The van der Waals surface area contributed by atoms with Gasteiger partial charge in [0.25, 0.3) is 0 Å². The molecular formula is C18H22N4O3. The average molecular weight is 342 g/mol. The molecule has 1 aromatic carbocycles. The van der Waals surface area contributed by atoms with Crippen LogP contribution in [0.1, 0.15) is 23.7 Å². The molecule has 1 aliphatic heterocycles. The summed E-state index contributed by atoms with van der Waals surface area (Å²) in [6, 6.07) is 8.80. The molecule has 0 saturated carbocycles. The molecule has 25 heavy (non-hydrogen) atoms. The number of nitrogens with one attached hydrogen (secondary N) is 1. The average Bonchev–Trinajstić information content (AvgIpc) is 3.11. The maximum absolute atomic E-state index is 12.5. The summed E-state index contributed by atoms with van der Waals surface area (Å²) < 4.78 is 6.92. The number of hydrogen-bond donors (Lipinski definition) is 1. The molecule has 0 unspecified atom stereocenters. The molecule has 3 rings (SSSR count). The van der Waals surface area contributed by atoms with E-state index in [0.717, 1.165) is 11.3 Å². The first-order valence-corrected chi connectivity index (χ1v) is 8.15. The second kappa shape index (κ2) is 6.96. The van der Waals surface area contributed by atoms with E-state index in [4.69, 9.17) is 4.74 Å². The number of carbonyl (C=O) groups is 2. The third-order valence-corrected chi connectivity index (χ3v) is 4.59. The number of ether oxygens (including phenoxy) is 1. The van der Waals surface area contributed by atoms with Gasteiger partial charge < -0.3 is 15.0 Å². The molecule has 0 aliphatic carbocycles. The minimum absolute atomic E-state index is 0.0119. The summed E-state index contributed by atoms with van der Waals surface area (Å²) in [6.45, 7) is 0. The molecule has 1 N–H and O–H groups in total. The van der Waals surface area contributed by atoms with Crippen molar-refractivity contribution in [2.45, 2.75) is 24.9 Å². The van der Waals surface area contributed by atoms with Crippen LogP contribution >= 0.6 is 0 Å². The molecule has 1 saturated heterocycles. The van der Waals surface area contributed by atoms with E-state index in [1.165, 1.54) is 0 Å². The van der Waals surface area contributed by atoms with Gasteiger partial charge in [-0.3, -0.25) is 14.3 Å². The maximum atomic E-state index is 12.5. The Balaban J connectivity index is 1.73. The predicted molar refractivity (Wildman–Crippen MR) is 92.0 cm³/mol. The lowest BCUT2D eigenvalue weighted by atomic mass is 10.0. The quantitative estimate of drug-likeness (QED) is 0.881. The maximum Gasteiger partial charge on any atom is 0.225 e. The van der Waals surface area contributed by atoms with E-state index in [1.807, 2.05) is 37.4 Å². The monoisotopic (exact) mass is 342 g/mol. The van der Waals surface area contributed by atoms with Gasteiger partial charge in [-0.1, -0.05) is 12.1 Å². The molecular weight excluding hydrogens is 320 g/mol. The molecule has 2 heterocycles. The number of likely N-dealkylation sites (tertiary alicyclic amines) is 1. The van der Waals surface area contributed by atoms with Crippen LogP contribution in [0.25, 0.3) is 0 Å². The third kappa shape index (κ3) is 3.50. The zero-order valence-electron chi connectivity index (χ0n) is 14.6. The van der Waals surface area contributed by atoms with Gasteiger partial charge >= 0.3 is 0 Å². The highest BCUT2D eigenvalue weighted by atomic mass is 16.5. The molecule has 0 radical (unpaired) electrons. The highest BCUT2D eigenvalue weighted by Gasteiger charge is 2.40. The van der Waals surface area contributed by atoms with Crippen LogP contribution in [0.4, 0.5) is 0 Å². The van der Waals surface area contributed by atoms with Crippen molar-refractivity contribution in [1.82, 2.24) is 20.0 Å². The molecule has 1 fully saturated rings. The molecule has 1 aliphatic rings. The van der Waals surface area contributed by atoms with Crippen LogP contribution in [0.15, 0.2) is 36.5 Å². The van der Waals surface area contributed by atoms with Gasteiger partial charge in [0.05, 0.1) is 31.3 Å². The number of nitrogens with zero attached hydrogens (tertiary/aromatic N) is 3. The summed E-state index contributed by atoms with van der Waals surface area (Å²) in [5.74, 6) is 0.611. The largest absolute Gasteiger partial charge is 0.497 e. The van der Waals surface area contributed by atoms with Gasteiger partial charge in [0.15, 0.2) is 0 Å². The smallest absolute Gasteiger partial charge is 0.225 e. The van der Waals surface area contributed by atoms with Crippen molar-refractivity contribution < 1.29 is 14.3 Å². The summed E-state index contributed by atoms with van der Waals surface area (Å²) in [7, 11) is 5.19. The Bertz CT molecular complexity index is 786. The van der Waals surface area contributed by atoms with E-state index >= 15 is 0 Å². The lowest BCUT2D eigenvalue weighted by Crippen LogP contribution is -2.40. The highest BCUT2D eigenvalue weighted by molar-refractivity contribution is 5.83. The molecule has 0 spiro atoms. The molecule has 2 aromatic rings. The number of aryl methyl sites for hydroxylation is 1. The van der Waals surface area contributed by atoms with Crippen LogP contribution in [0.5, 0.6) is 5.75 Å². The Morgan fingerprint density at radius 3 is 2.84 bits per heavy atom. The van der Waals surface area contributed by atoms with Gasteiger partial charge in [-0.2, -0.15) is 5.10 Å². The van der Waals surface area contributed by atoms with Gasteiger partial charge in [-0.05, 0) is 23.8 Å². The van der Waals surface area contributed by atoms with Gasteiger partial charge in [-0.15, -0.1) is 0 Å². The minimum atomic E-state index is -0.272. The minimum Gasteiger partial charge on any atom is -0.497 e.